The van der Waals surface area contributed by atoms with Crippen molar-refractivity contribution in [1.82, 2.24) is 15.1 Å². The van der Waals surface area contributed by atoms with Gasteiger partial charge in [-0.05, 0) is 18.9 Å². The van der Waals surface area contributed by atoms with Crippen LogP contribution < -0.4 is 10.9 Å². The van der Waals surface area contributed by atoms with Crippen molar-refractivity contribution in [1.29, 1.82) is 0 Å². The number of ether oxygens (including phenoxy) is 1. The van der Waals surface area contributed by atoms with Crippen molar-refractivity contribution in [2.24, 2.45) is 5.92 Å². The van der Waals surface area contributed by atoms with E-state index in [0.717, 1.165) is 0 Å². The van der Waals surface area contributed by atoms with E-state index in [9.17, 15) is 14.4 Å². The van der Waals surface area contributed by atoms with Gasteiger partial charge in [-0.25, -0.2) is 9.48 Å². The van der Waals surface area contributed by atoms with Gasteiger partial charge >= 0.3 is 5.97 Å². The molecule has 0 unspecified atom stereocenters. The van der Waals surface area contributed by atoms with E-state index in [0.29, 0.717) is 17.3 Å². The standard InChI is InChI=1S/C19H23N3O4/c1-5-10-20-17(23)13(4)26-19(25)16-14-8-6-7-9-15(14)18(24)22(21-16)11-12(2)3/h5-9,12-13H,1,10-11H2,2-4H3,(H,20,23)/t13-/m0/s1. The predicted octanol–water partition coefficient (Wildman–Crippen LogP) is 1.90. The minimum atomic E-state index is -0.992. The molecule has 1 heterocycles. The number of esters is 1. The Kier molecular flexibility index (Phi) is 6.27. The molecule has 2 aromatic rings. The molecule has 0 saturated heterocycles. The molecular weight excluding hydrogens is 334 g/mol. The summed E-state index contributed by atoms with van der Waals surface area (Å²) in [5.74, 6) is -1.01. The number of carbonyl (C=O) groups excluding carboxylic acids is 2. The number of carbonyl (C=O) groups is 2. The van der Waals surface area contributed by atoms with E-state index in [-0.39, 0.29) is 23.7 Å². The molecule has 0 aliphatic carbocycles. The Balaban J connectivity index is 2.39. The Morgan fingerprint density at radius 3 is 2.54 bits per heavy atom. The van der Waals surface area contributed by atoms with Crippen LogP contribution in [0, 0.1) is 5.92 Å². The molecule has 1 amide bonds. The lowest BCUT2D eigenvalue weighted by molar-refractivity contribution is -0.128. The van der Waals surface area contributed by atoms with Crippen molar-refractivity contribution >= 4 is 22.6 Å². The Bertz CT molecular complexity index is 886. The average Bonchev–Trinajstić information content (AvgIpc) is 2.61. The minimum absolute atomic E-state index is 0.0178. The van der Waals surface area contributed by atoms with Gasteiger partial charge in [-0.15, -0.1) is 6.58 Å². The van der Waals surface area contributed by atoms with Crippen LogP contribution in [0.5, 0.6) is 0 Å². The molecule has 26 heavy (non-hydrogen) atoms. The summed E-state index contributed by atoms with van der Waals surface area (Å²) in [6.45, 7) is 9.54. The zero-order valence-electron chi connectivity index (χ0n) is 15.2. The Morgan fingerprint density at radius 1 is 1.27 bits per heavy atom. The van der Waals surface area contributed by atoms with E-state index >= 15 is 0 Å². The van der Waals surface area contributed by atoms with Crippen molar-refractivity contribution in [2.45, 2.75) is 33.4 Å². The van der Waals surface area contributed by atoms with Gasteiger partial charge in [0.2, 0.25) is 0 Å². The van der Waals surface area contributed by atoms with Gasteiger partial charge in [0.1, 0.15) is 0 Å². The summed E-state index contributed by atoms with van der Waals surface area (Å²) in [6.07, 6.45) is 0.539. The Labute approximate surface area is 151 Å². The van der Waals surface area contributed by atoms with Crippen LogP contribution in [-0.4, -0.2) is 34.3 Å². The van der Waals surface area contributed by atoms with Crippen LogP contribution in [0.2, 0.25) is 0 Å². The van der Waals surface area contributed by atoms with E-state index in [2.05, 4.69) is 17.0 Å². The monoisotopic (exact) mass is 357 g/mol. The number of amides is 1. The van der Waals surface area contributed by atoms with Gasteiger partial charge in [0.15, 0.2) is 11.8 Å². The molecule has 1 atom stereocenters. The predicted molar refractivity (Wildman–Crippen MR) is 98.9 cm³/mol. The molecule has 0 aliphatic rings. The quantitative estimate of drug-likeness (QED) is 0.604. The number of hydrogen-bond acceptors (Lipinski definition) is 5. The molecular formula is C19H23N3O4. The third-order valence-electron chi connectivity index (χ3n) is 3.67. The lowest BCUT2D eigenvalue weighted by atomic mass is 10.1. The van der Waals surface area contributed by atoms with Crippen LogP contribution in [0.3, 0.4) is 0 Å². The summed E-state index contributed by atoms with van der Waals surface area (Å²) in [7, 11) is 0. The van der Waals surface area contributed by atoms with Crippen molar-refractivity contribution in [2.75, 3.05) is 6.54 Å². The lowest BCUT2D eigenvalue weighted by Gasteiger charge is -2.15. The van der Waals surface area contributed by atoms with Gasteiger partial charge in [-0.2, -0.15) is 5.10 Å². The molecule has 1 N–H and O–H groups in total. The zero-order valence-corrected chi connectivity index (χ0v) is 15.2. The van der Waals surface area contributed by atoms with Gasteiger partial charge in [-0.1, -0.05) is 38.1 Å². The highest BCUT2D eigenvalue weighted by atomic mass is 16.5. The topological polar surface area (TPSA) is 90.3 Å². The fourth-order valence-corrected chi connectivity index (χ4v) is 2.44. The summed E-state index contributed by atoms with van der Waals surface area (Å²) in [5, 5.41) is 7.55. The zero-order chi connectivity index (χ0) is 19.3. The van der Waals surface area contributed by atoms with E-state index < -0.39 is 18.0 Å². The SMILES string of the molecule is C=CCNC(=O)[C@H](C)OC(=O)c1nn(CC(C)C)c(=O)c2ccccc12. The smallest absolute Gasteiger partial charge is 0.360 e. The Hall–Kier alpha value is -2.96. The van der Waals surface area contributed by atoms with E-state index in [4.69, 9.17) is 4.74 Å². The van der Waals surface area contributed by atoms with Gasteiger partial charge in [0.05, 0.1) is 5.39 Å². The first kappa shape index (κ1) is 19.4. The summed E-state index contributed by atoms with van der Waals surface area (Å²) in [5.41, 5.74) is -0.244. The maximum absolute atomic E-state index is 12.6. The summed E-state index contributed by atoms with van der Waals surface area (Å²) >= 11 is 0. The highest BCUT2D eigenvalue weighted by Gasteiger charge is 2.23. The second-order valence-corrected chi connectivity index (χ2v) is 6.36. The van der Waals surface area contributed by atoms with Gasteiger partial charge < -0.3 is 10.1 Å². The molecule has 0 bridgehead atoms. The van der Waals surface area contributed by atoms with E-state index in [1.807, 2.05) is 13.8 Å². The second kappa shape index (κ2) is 8.42. The molecule has 0 radical (unpaired) electrons. The Morgan fingerprint density at radius 2 is 1.92 bits per heavy atom. The van der Waals surface area contributed by atoms with Crippen molar-refractivity contribution in [3.63, 3.8) is 0 Å². The van der Waals surface area contributed by atoms with Crippen molar-refractivity contribution < 1.29 is 14.3 Å². The molecule has 2 rings (SSSR count). The fourth-order valence-electron chi connectivity index (χ4n) is 2.44. The highest BCUT2D eigenvalue weighted by Crippen LogP contribution is 2.15. The number of hydrogen-bond donors (Lipinski definition) is 1. The van der Waals surface area contributed by atoms with Crippen LogP contribution in [0.25, 0.3) is 10.8 Å². The highest BCUT2D eigenvalue weighted by molar-refractivity contribution is 6.02. The van der Waals surface area contributed by atoms with Crippen LogP contribution in [0.4, 0.5) is 0 Å². The third-order valence-corrected chi connectivity index (χ3v) is 3.67. The van der Waals surface area contributed by atoms with Crippen molar-refractivity contribution in [3.05, 3.63) is 53.0 Å². The second-order valence-electron chi connectivity index (χ2n) is 6.36. The molecule has 1 aromatic heterocycles. The summed E-state index contributed by atoms with van der Waals surface area (Å²) in [6, 6.07) is 6.73. The molecule has 7 nitrogen and oxygen atoms in total. The average molecular weight is 357 g/mol. The van der Waals surface area contributed by atoms with Crippen LogP contribution >= 0.6 is 0 Å². The summed E-state index contributed by atoms with van der Waals surface area (Å²) < 4.78 is 6.51. The number of benzene rings is 1. The lowest BCUT2D eigenvalue weighted by Crippen LogP contribution is -2.36. The van der Waals surface area contributed by atoms with E-state index in [1.165, 1.54) is 17.7 Å². The number of nitrogens with one attached hydrogen (secondary N) is 1. The molecule has 0 saturated carbocycles. The summed E-state index contributed by atoms with van der Waals surface area (Å²) in [4.78, 5) is 37.0. The van der Waals surface area contributed by atoms with Crippen LogP contribution in [0.1, 0.15) is 31.3 Å². The first-order valence-corrected chi connectivity index (χ1v) is 8.44. The van der Waals surface area contributed by atoms with Crippen molar-refractivity contribution in [3.8, 4) is 0 Å². The maximum Gasteiger partial charge on any atom is 0.360 e. The minimum Gasteiger partial charge on any atom is -0.448 e. The van der Waals surface area contributed by atoms with Crippen LogP contribution in [0.15, 0.2) is 41.7 Å². The number of nitrogens with zero attached hydrogens (tertiary/aromatic N) is 2. The fraction of sp³-hybridized carbons (Fsp3) is 0.368. The molecule has 138 valence electrons. The molecule has 1 aromatic carbocycles. The maximum atomic E-state index is 12.6. The number of rotatable bonds is 7. The first-order valence-electron chi connectivity index (χ1n) is 8.44. The molecule has 7 heteroatoms. The first-order chi connectivity index (χ1) is 12.3. The molecule has 0 spiro atoms. The van der Waals surface area contributed by atoms with Gasteiger partial charge in [0, 0.05) is 18.5 Å². The molecule has 0 aliphatic heterocycles. The third kappa shape index (κ3) is 4.36. The van der Waals surface area contributed by atoms with Gasteiger partial charge in [0.25, 0.3) is 11.5 Å². The van der Waals surface area contributed by atoms with E-state index in [1.54, 1.807) is 24.3 Å². The molecule has 0 fully saturated rings. The van der Waals surface area contributed by atoms with Crippen LogP contribution in [-0.2, 0) is 16.1 Å². The largest absolute Gasteiger partial charge is 0.448 e. The normalized spacial score (nSPS) is 12.0. The number of fused-ring (bicyclic) bond motifs is 1. The van der Waals surface area contributed by atoms with Gasteiger partial charge in [-0.3, -0.25) is 9.59 Å². The number of aromatic nitrogens is 2.